The van der Waals surface area contributed by atoms with Gasteiger partial charge in [0.15, 0.2) is 0 Å². The summed E-state index contributed by atoms with van der Waals surface area (Å²) in [4.78, 5) is 42.6. The summed E-state index contributed by atoms with van der Waals surface area (Å²) in [7, 11) is 1.28. The third-order valence-corrected chi connectivity index (χ3v) is 5.77. The molecule has 33 heavy (non-hydrogen) atoms. The second-order valence-electron chi connectivity index (χ2n) is 10.5. The summed E-state index contributed by atoms with van der Waals surface area (Å²) < 4.78 is 16.5. The van der Waals surface area contributed by atoms with Gasteiger partial charge in [-0.15, -0.1) is 6.58 Å². The lowest BCUT2D eigenvalue weighted by Gasteiger charge is -2.38. The summed E-state index contributed by atoms with van der Waals surface area (Å²) >= 11 is 0. The smallest absolute Gasteiger partial charge is 0.416 e. The third kappa shape index (κ3) is 4.43. The van der Waals surface area contributed by atoms with E-state index in [1.807, 2.05) is 24.3 Å². The fourth-order valence-electron chi connectivity index (χ4n) is 4.78. The molecule has 1 aromatic carbocycles. The van der Waals surface area contributed by atoms with E-state index in [-0.39, 0.29) is 6.42 Å². The molecule has 1 aromatic rings. The molecule has 3 atom stereocenters. The maximum absolute atomic E-state index is 13.5. The molecule has 0 N–H and O–H groups in total. The molecule has 3 rings (SSSR count). The predicted molar refractivity (Wildman–Crippen MR) is 124 cm³/mol. The monoisotopic (exact) mass is 458 g/mol. The molecule has 2 unspecified atom stereocenters. The summed E-state index contributed by atoms with van der Waals surface area (Å²) in [5.41, 5.74) is -0.849. The minimum Gasteiger partial charge on any atom is -0.467 e. The highest BCUT2D eigenvalue weighted by Gasteiger charge is 2.65. The summed E-state index contributed by atoms with van der Waals surface area (Å²) in [5.74, 6) is -0.569. The Morgan fingerprint density at radius 1 is 1.06 bits per heavy atom. The van der Waals surface area contributed by atoms with Gasteiger partial charge in [0.1, 0.15) is 23.4 Å². The van der Waals surface area contributed by atoms with Gasteiger partial charge in [0, 0.05) is 5.41 Å². The van der Waals surface area contributed by atoms with E-state index in [2.05, 4.69) is 6.58 Å². The number of allylic oxidation sites excluding steroid dienone is 1. The first kappa shape index (κ1) is 24.6. The molecule has 0 bridgehead atoms. The highest BCUT2D eigenvalue weighted by Crippen LogP contribution is 2.56. The van der Waals surface area contributed by atoms with E-state index < -0.39 is 47.0 Å². The SMILES string of the molecule is C=CCC12C[C@@H](C(=O)OC)N(C(=O)OC(C)(C)C)C1N(C(=O)OC(C)(C)C)c1ccccc12. The Morgan fingerprint density at radius 2 is 1.64 bits per heavy atom. The van der Waals surface area contributed by atoms with Gasteiger partial charge in [0.05, 0.1) is 12.8 Å². The van der Waals surface area contributed by atoms with E-state index >= 15 is 0 Å². The predicted octanol–water partition coefficient (Wildman–Crippen LogP) is 4.76. The minimum atomic E-state index is -0.937. The van der Waals surface area contributed by atoms with Crippen LogP contribution < -0.4 is 4.90 Å². The minimum absolute atomic E-state index is 0.256. The highest BCUT2D eigenvalue weighted by atomic mass is 16.6. The molecule has 0 spiro atoms. The maximum atomic E-state index is 13.5. The zero-order valence-electron chi connectivity index (χ0n) is 20.5. The number of esters is 1. The standard InChI is InChI=1S/C25H34N2O6/c1-9-14-25-15-18(19(28)31-8)27(22(30)33-24(5,6)7)20(25)26(21(29)32-23(2,3)4)17-13-11-10-12-16(17)25/h9-13,18,20H,1,14-15H2,2-8H3/t18-,20?,25?/m0/s1. The highest BCUT2D eigenvalue weighted by molar-refractivity contribution is 5.95. The molecule has 1 saturated heterocycles. The molecule has 2 heterocycles. The molecule has 180 valence electrons. The van der Waals surface area contributed by atoms with Crippen LogP contribution in [-0.4, -0.2) is 53.6 Å². The van der Waals surface area contributed by atoms with Gasteiger partial charge in [0.25, 0.3) is 0 Å². The van der Waals surface area contributed by atoms with Crippen molar-refractivity contribution in [1.82, 2.24) is 4.90 Å². The first-order valence-electron chi connectivity index (χ1n) is 11.1. The van der Waals surface area contributed by atoms with Crippen molar-refractivity contribution in [2.24, 2.45) is 0 Å². The van der Waals surface area contributed by atoms with E-state index in [1.54, 1.807) is 47.6 Å². The molecule has 0 radical (unpaired) electrons. The second-order valence-corrected chi connectivity index (χ2v) is 10.5. The number of benzene rings is 1. The Kier molecular flexibility index (Phi) is 6.26. The van der Waals surface area contributed by atoms with Gasteiger partial charge in [0.2, 0.25) is 0 Å². The van der Waals surface area contributed by atoms with Gasteiger partial charge in [-0.2, -0.15) is 0 Å². The zero-order chi connectivity index (χ0) is 24.8. The number of methoxy groups -OCH3 is 1. The number of ether oxygens (including phenoxy) is 3. The summed E-state index contributed by atoms with van der Waals surface area (Å²) in [5, 5.41) is 0. The summed E-state index contributed by atoms with van der Waals surface area (Å²) in [6.07, 6.45) is 0.281. The molecule has 2 aliphatic rings. The summed E-state index contributed by atoms with van der Waals surface area (Å²) in [6.45, 7) is 14.5. The van der Waals surface area contributed by atoms with Crippen LogP contribution in [0.3, 0.4) is 0 Å². The van der Waals surface area contributed by atoms with E-state index in [0.29, 0.717) is 12.1 Å². The first-order valence-corrected chi connectivity index (χ1v) is 11.1. The Bertz CT molecular complexity index is 960. The largest absolute Gasteiger partial charge is 0.467 e. The van der Waals surface area contributed by atoms with Gasteiger partial charge in [-0.25, -0.2) is 14.4 Å². The molecule has 8 nitrogen and oxygen atoms in total. The number of nitrogens with zero attached hydrogens (tertiary/aromatic N) is 2. The normalized spacial score (nSPS) is 24.1. The first-order chi connectivity index (χ1) is 15.3. The van der Waals surface area contributed by atoms with Crippen LogP contribution in [0, 0.1) is 0 Å². The van der Waals surface area contributed by atoms with E-state index in [0.717, 1.165) is 5.56 Å². The number of rotatable bonds is 3. The quantitative estimate of drug-likeness (QED) is 0.369. The lowest BCUT2D eigenvalue weighted by atomic mass is 9.75. The van der Waals surface area contributed by atoms with Crippen LogP contribution in [0.15, 0.2) is 36.9 Å². The van der Waals surface area contributed by atoms with Crippen molar-refractivity contribution in [2.45, 2.75) is 83.2 Å². The van der Waals surface area contributed by atoms with Gasteiger partial charge in [-0.05, 0) is 66.0 Å². The number of carbonyl (C=O) groups is 3. The Balaban J connectivity index is 2.23. The zero-order valence-corrected chi connectivity index (χ0v) is 20.5. The number of amides is 2. The fraction of sp³-hybridized carbons (Fsp3) is 0.560. The molecule has 0 saturated carbocycles. The molecule has 2 amide bonds. The van der Waals surface area contributed by atoms with Crippen LogP contribution in [-0.2, 0) is 24.4 Å². The number of fused-ring (bicyclic) bond motifs is 3. The van der Waals surface area contributed by atoms with Crippen LogP contribution in [0.4, 0.5) is 15.3 Å². The Morgan fingerprint density at radius 3 is 2.18 bits per heavy atom. The van der Waals surface area contributed by atoms with Crippen molar-refractivity contribution in [3.8, 4) is 0 Å². The number of para-hydroxylation sites is 1. The van der Waals surface area contributed by atoms with Crippen molar-refractivity contribution < 1.29 is 28.6 Å². The van der Waals surface area contributed by atoms with Gasteiger partial charge >= 0.3 is 18.2 Å². The van der Waals surface area contributed by atoms with Crippen molar-refractivity contribution in [2.75, 3.05) is 12.0 Å². The van der Waals surface area contributed by atoms with Crippen molar-refractivity contribution >= 4 is 23.8 Å². The molecule has 2 aliphatic heterocycles. The van der Waals surface area contributed by atoms with E-state index in [9.17, 15) is 14.4 Å². The topological polar surface area (TPSA) is 85.4 Å². The molecular formula is C25H34N2O6. The van der Waals surface area contributed by atoms with E-state index in [4.69, 9.17) is 14.2 Å². The van der Waals surface area contributed by atoms with Crippen molar-refractivity contribution in [3.63, 3.8) is 0 Å². The van der Waals surface area contributed by atoms with Crippen LogP contribution >= 0.6 is 0 Å². The van der Waals surface area contributed by atoms with Gasteiger partial charge < -0.3 is 14.2 Å². The molecule has 0 aromatic heterocycles. The number of anilines is 1. The van der Waals surface area contributed by atoms with E-state index in [1.165, 1.54) is 16.9 Å². The van der Waals surface area contributed by atoms with Crippen molar-refractivity contribution in [1.29, 1.82) is 0 Å². The number of carbonyl (C=O) groups excluding carboxylic acids is 3. The van der Waals surface area contributed by atoms with Gasteiger partial charge in [-0.1, -0.05) is 24.3 Å². The fourth-order valence-corrected chi connectivity index (χ4v) is 4.78. The number of hydrogen-bond acceptors (Lipinski definition) is 6. The molecule has 8 heteroatoms. The van der Waals surface area contributed by atoms with Crippen LogP contribution in [0.25, 0.3) is 0 Å². The van der Waals surface area contributed by atoms with Crippen LogP contribution in [0.2, 0.25) is 0 Å². The van der Waals surface area contributed by atoms with Gasteiger partial charge in [-0.3, -0.25) is 9.80 Å². The molecule has 1 fully saturated rings. The number of hydrogen-bond donors (Lipinski definition) is 0. The maximum Gasteiger partial charge on any atom is 0.416 e. The lowest BCUT2D eigenvalue weighted by Crippen LogP contribution is -2.57. The average Bonchev–Trinajstić information content (AvgIpc) is 3.14. The Hall–Kier alpha value is -3.03. The molecular weight excluding hydrogens is 424 g/mol. The number of likely N-dealkylation sites (tertiary alicyclic amines) is 1. The average molecular weight is 459 g/mol. The second kappa shape index (κ2) is 8.39. The van der Waals surface area contributed by atoms with Crippen LogP contribution in [0.1, 0.15) is 59.9 Å². The Labute approximate surface area is 195 Å². The third-order valence-electron chi connectivity index (χ3n) is 5.77. The summed E-state index contributed by atoms with van der Waals surface area (Å²) in [6, 6.07) is 6.51. The van der Waals surface area contributed by atoms with Crippen molar-refractivity contribution in [3.05, 3.63) is 42.5 Å². The molecule has 0 aliphatic carbocycles. The lowest BCUT2D eigenvalue weighted by molar-refractivity contribution is -0.146. The van der Waals surface area contributed by atoms with Crippen LogP contribution in [0.5, 0.6) is 0 Å².